The molecule has 0 saturated carbocycles. The Labute approximate surface area is 157 Å². The van der Waals surface area contributed by atoms with Gasteiger partial charge < -0.3 is 19.7 Å². The molecule has 136 valence electrons. The molecule has 0 aliphatic rings. The number of ether oxygens (including phenoxy) is 1. The number of aliphatic hydroxyl groups excluding tert-OH is 1. The molecule has 1 atom stereocenters. The van der Waals surface area contributed by atoms with Crippen molar-refractivity contribution in [2.24, 2.45) is 0 Å². The lowest BCUT2D eigenvalue weighted by Crippen LogP contribution is -2.30. The van der Waals surface area contributed by atoms with Gasteiger partial charge >= 0.3 is 0 Å². The minimum atomic E-state index is -0.472. The van der Waals surface area contributed by atoms with E-state index in [-0.39, 0.29) is 12.5 Å². The van der Waals surface area contributed by atoms with Gasteiger partial charge in [-0.1, -0.05) is 41.9 Å². The van der Waals surface area contributed by atoms with E-state index in [1.807, 2.05) is 41.0 Å². The maximum Gasteiger partial charge on any atom is 0.254 e. The lowest BCUT2D eigenvalue weighted by molar-refractivity contribution is 0.0917. The van der Waals surface area contributed by atoms with Crippen molar-refractivity contribution in [1.29, 1.82) is 0 Å². The summed E-state index contributed by atoms with van der Waals surface area (Å²) in [5.74, 6) is -0.253. The van der Waals surface area contributed by atoms with E-state index in [4.69, 9.17) is 16.3 Å². The van der Waals surface area contributed by atoms with Gasteiger partial charge in [0.2, 0.25) is 0 Å². The number of hydrogen-bond donors (Lipinski definition) is 2. The van der Waals surface area contributed by atoms with Gasteiger partial charge in [-0.2, -0.15) is 0 Å². The molecule has 1 heterocycles. The minimum Gasteiger partial charge on any atom is -0.394 e. The second kappa shape index (κ2) is 8.36. The fourth-order valence-electron chi connectivity index (χ4n) is 2.98. The second-order valence-corrected chi connectivity index (χ2v) is 6.45. The molecular weight excluding hydrogens is 352 g/mol. The normalized spacial score (nSPS) is 12.3. The molecule has 0 radical (unpaired) electrons. The number of benzene rings is 2. The first-order chi connectivity index (χ1) is 12.6. The molecule has 26 heavy (non-hydrogen) atoms. The zero-order valence-corrected chi connectivity index (χ0v) is 15.2. The van der Waals surface area contributed by atoms with Crippen LogP contribution in [0.15, 0.2) is 54.7 Å². The number of carbonyl (C=O) groups excluding carboxylic acids is 1. The van der Waals surface area contributed by atoms with E-state index in [1.54, 1.807) is 25.4 Å². The van der Waals surface area contributed by atoms with Crippen LogP contribution in [0.25, 0.3) is 10.9 Å². The molecule has 0 aliphatic carbocycles. The second-order valence-electron chi connectivity index (χ2n) is 6.01. The number of nitrogens with one attached hydrogen (secondary N) is 1. The van der Waals surface area contributed by atoms with E-state index in [1.165, 1.54) is 0 Å². The van der Waals surface area contributed by atoms with Crippen molar-refractivity contribution >= 4 is 28.4 Å². The van der Waals surface area contributed by atoms with Crippen LogP contribution in [0, 0.1) is 0 Å². The number of carbonyl (C=O) groups is 1. The molecule has 0 fully saturated rings. The molecule has 0 saturated heterocycles. The van der Waals surface area contributed by atoms with Crippen molar-refractivity contribution in [1.82, 2.24) is 9.88 Å². The Hall–Kier alpha value is -2.34. The summed E-state index contributed by atoms with van der Waals surface area (Å²) in [6.07, 6.45) is 1.80. The number of rotatable bonds is 7. The predicted molar refractivity (Wildman–Crippen MR) is 103 cm³/mol. The molecule has 0 unspecified atom stereocenters. The zero-order valence-electron chi connectivity index (χ0n) is 14.5. The Morgan fingerprint density at radius 3 is 2.73 bits per heavy atom. The lowest BCUT2D eigenvalue weighted by atomic mass is 10.1. The molecule has 0 aliphatic heterocycles. The lowest BCUT2D eigenvalue weighted by Gasteiger charge is -2.16. The average molecular weight is 373 g/mol. The summed E-state index contributed by atoms with van der Waals surface area (Å²) in [4.78, 5) is 12.9. The predicted octanol–water partition coefficient (Wildman–Crippen LogP) is 3.40. The Bertz CT molecular complexity index is 893. The summed E-state index contributed by atoms with van der Waals surface area (Å²) in [6, 6.07) is 14.4. The molecule has 5 nitrogen and oxygen atoms in total. The van der Waals surface area contributed by atoms with Crippen LogP contribution in [0.5, 0.6) is 0 Å². The molecule has 3 rings (SSSR count). The first kappa shape index (κ1) is 18.5. The van der Waals surface area contributed by atoms with Gasteiger partial charge in [0.05, 0.1) is 24.8 Å². The number of methoxy groups -OCH3 is 1. The molecule has 3 aromatic rings. The number of aromatic nitrogens is 1. The van der Waals surface area contributed by atoms with E-state index in [0.29, 0.717) is 23.7 Å². The highest BCUT2D eigenvalue weighted by Gasteiger charge is 2.19. The SMILES string of the molecule is COCCn1cc(C(=O)N[C@H](CO)c2ccccc2)c2cc(Cl)ccc21. The van der Waals surface area contributed by atoms with Crippen LogP contribution >= 0.6 is 11.6 Å². The van der Waals surface area contributed by atoms with Crippen molar-refractivity contribution in [3.05, 3.63) is 70.9 Å². The number of halogens is 1. The number of fused-ring (bicyclic) bond motifs is 1. The monoisotopic (exact) mass is 372 g/mol. The molecule has 0 spiro atoms. The van der Waals surface area contributed by atoms with Crippen LogP contribution in [0.1, 0.15) is 22.0 Å². The van der Waals surface area contributed by atoms with Gasteiger partial charge in [0.15, 0.2) is 0 Å². The largest absolute Gasteiger partial charge is 0.394 e. The third-order valence-electron chi connectivity index (χ3n) is 4.31. The van der Waals surface area contributed by atoms with Gasteiger partial charge in [-0.3, -0.25) is 4.79 Å². The van der Waals surface area contributed by atoms with E-state index in [9.17, 15) is 9.90 Å². The topological polar surface area (TPSA) is 63.5 Å². The van der Waals surface area contributed by atoms with Crippen LogP contribution < -0.4 is 5.32 Å². The molecule has 0 bridgehead atoms. The van der Waals surface area contributed by atoms with Gasteiger partial charge in [0, 0.05) is 35.8 Å². The molecule has 6 heteroatoms. The maximum absolute atomic E-state index is 12.9. The molecule has 1 amide bonds. The van der Waals surface area contributed by atoms with E-state index >= 15 is 0 Å². The van der Waals surface area contributed by atoms with E-state index in [0.717, 1.165) is 16.5 Å². The van der Waals surface area contributed by atoms with Crippen LogP contribution in [0.4, 0.5) is 0 Å². The maximum atomic E-state index is 12.9. The fourth-order valence-corrected chi connectivity index (χ4v) is 3.15. The van der Waals surface area contributed by atoms with Gasteiger partial charge in [-0.15, -0.1) is 0 Å². The van der Waals surface area contributed by atoms with Gasteiger partial charge in [-0.05, 0) is 23.8 Å². The van der Waals surface area contributed by atoms with E-state index in [2.05, 4.69) is 5.32 Å². The quantitative estimate of drug-likeness (QED) is 0.668. The number of hydrogen-bond acceptors (Lipinski definition) is 3. The van der Waals surface area contributed by atoms with Crippen molar-refractivity contribution < 1.29 is 14.6 Å². The Balaban J connectivity index is 1.93. The summed E-state index contributed by atoms with van der Waals surface area (Å²) in [6.45, 7) is 0.986. The van der Waals surface area contributed by atoms with Crippen molar-refractivity contribution in [2.75, 3.05) is 20.3 Å². The highest BCUT2D eigenvalue weighted by Crippen LogP contribution is 2.26. The van der Waals surface area contributed by atoms with Crippen molar-refractivity contribution in [3.63, 3.8) is 0 Å². The summed E-state index contributed by atoms with van der Waals surface area (Å²) < 4.78 is 7.12. The summed E-state index contributed by atoms with van der Waals surface area (Å²) >= 11 is 6.13. The minimum absolute atomic E-state index is 0.182. The van der Waals surface area contributed by atoms with Gasteiger partial charge in [-0.25, -0.2) is 0 Å². The Kier molecular flexibility index (Phi) is 5.93. The first-order valence-corrected chi connectivity index (χ1v) is 8.76. The third-order valence-corrected chi connectivity index (χ3v) is 4.55. The number of aliphatic hydroxyl groups is 1. The molecule has 2 N–H and O–H groups in total. The molecular formula is C20H21ClN2O3. The fraction of sp³-hybridized carbons (Fsp3) is 0.250. The third kappa shape index (κ3) is 3.90. The summed E-state index contributed by atoms with van der Waals surface area (Å²) in [7, 11) is 1.64. The van der Waals surface area contributed by atoms with Crippen LogP contribution in [0.3, 0.4) is 0 Å². The zero-order chi connectivity index (χ0) is 18.5. The standard InChI is InChI=1S/C20H21ClN2O3/c1-26-10-9-23-12-17(16-11-15(21)7-8-19(16)23)20(25)22-18(13-24)14-5-3-2-4-6-14/h2-8,11-12,18,24H,9-10,13H2,1H3,(H,22,25)/t18-/m1/s1. The summed E-state index contributed by atoms with van der Waals surface area (Å²) in [5, 5.41) is 13.9. The van der Waals surface area contributed by atoms with Crippen LogP contribution in [0.2, 0.25) is 5.02 Å². The molecule has 2 aromatic carbocycles. The number of nitrogens with zero attached hydrogens (tertiary/aromatic N) is 1. The van der Waals surface area contributed by atoms with Crippen molar-refractivity contribution in [3.8, 4) is 0 Å². The molecule has 1 aromatic heterocycles. The van der Waals surface area contributed by atoms with Crippen LogP contribution in [-0.2, 0) is 11.3 Å². The average Bonchev–Trinajstić information content (AvgIpc) is 3.02. The first-order valence-electron chi connectivity index (χ1n) is 8.38. The summed E-state index contributed by atoms with van der Waals surface area (Å²) in [5.41, 5.74) is 2.29. The van der Waals surface area contributed by atoms with E-state index < -0.39 is 6.04 Å². The van der Waals surface area contributed by atoms with Crippen LogP contribution in [-0.4, -0.2) is 35.9 Å². The van der Waals surface area contributed by atoms with Crippen molar-refractivity contribution in [2.45, 2.75) is 12.6 Å². The number of amides is 1. The smallest absolute Gasteiger partial charge is 0.254 e. The van der Waals surface area contributed by atoms with Gasteiger partial charge in [0.25, 0.3) is 5.91 Å². The Morgan fingerprint density at radius 2 is 2.04 bits per heavy atom. The van der Waals surface area contributed by atoms with Gasteiger partial charge in [0.1, 0.15) is 0 Å². The highest BCUT2D eigenvalue weighted by atomic mass is 35.5. The highest BCUT2D eigenvalue weighted by molar-refractivity contribution is 6.31. The Morgan fingerprint density at radius 1 is 1.27 bits per heavy atom.